The third-order valence-corrected chi connectivity index (χ3v) is 4.85. The molecule has 0 radical (unpaired) electrons. The molecule has 1 fully saturated rings. The quantitative estimate of drug-likeness (QED) is 0.755. The van der Waals surface area contributed by atoms with Gasteiger partial charge in [-0.25, -0.2) is 4.39 Å². The van der Waals surface area contributed by atoms with Crippen molar-refractivity contribution in [3.63, 3.8) is 0 Å². The van der Waals surface area contributed by atoms with Crippen molar-refractivity contribution in [2.24, 2.45) is 0 Å². The van der Waals surface area contributed by atoms with E-state index in [9.17, 15) is 9.18 Å². The number of hydrogen-bond donors (Lipinski definition) is 1. The van der Waals surface area contributed by atoms with Gasteiger partial charge in [0.2, 0.25) is 0 Å². The molecule has 1 N–H and O–H groups in total. The molecule has 0 saturated carbocycles. The topological polar surface area (TPSA) is 39.3 Å². The van der Waals surface area contributed by atoms with Crippen LogP contribution >= 0.6 is 11.6 Å². The molecule has 2 heterocycles. The van der Waals surface area contributed by atoms with E-state index in [1.807, 2.05) is 24.3 Å². The van der Waals surface area contributed by atoms with E-state index in [1.165, 1.54) is 6.07 Å². The van der Waals surface area contributed by atoms with E-state index in [0.717, 1.165) is 18.8 Å². The number of benzene rings is 2. The van der Waals surface area contributed by atoms with Gasteiger partial charge in [0.15, 0.2) is 0 Å². The van der Waals surface area contributed by atoms with Gasteiger partial charge in [0.25, 0.3) is 5.91 Å². The van der Waals surface area contributed by atoms with E-state index in [2.05, 4.69) is 9.88 Å². The minimum absolute atomic E-state index is 0.0913. The lowest BCUT2D eigenvalue weighted by molar-refractivity contribution is 0.0742. The van der Waals surface area contributed by atoms with Crippen molar-refractivity contribution in [3.8, 4) is 0 Å². The van der Waals surface area contributed by atoms with E-state index in [-0.39, 0.29) is 11.7 Å². The summed E-state index contributed by atoms with van der Waals surface area (Å²) in [4.78, 5) is 19.8. The Morgan fingerprint density at radius 2 is 1.76 bits per heavy atom. The van der Waals surface area contributed by atoms with Crippen LogP contribution in [0, 0.1) is 5.82 Å². The van der Waals surface area contributed by atoms with Crippen molar-refractivity contribution in [2.75, 3.05) is 31.1 Å². The smallest absolute Gasteiger partial charge is 0.270 e. The highest BCUT2D eigenvalue weighted by molar-refractivity contribution is 6.30. The van der Waals surface area contributed by atoms with Gasteiger partial charge in [-0.05, 0) is 42.5 Å². The molecule has 128 valence electrons. The highest BCUT2D eigenvalue weighted by atomic mass is 35.5. The van der Waals surface area contributed by atoms with Crippen LogP contribution in [0.15, 0.2) is 48.5 Å². The third kappa shape index (κ3) is 3.07. The number of carbonyl (C=O) groups is 1. The van der Waals surface area contributed by atoms with Crippen molar-refractivity contribution >= 4 is 34.1 Å². The molecule has 0 unspecified atom stereocenters. The van der Waals surface area contributed by atoms with E-state index >= 15 is 0 Å². The Bertz CT molecular complexity index is 914. The summed E-state index contributed by atoms with van der Waals surface area (Å²) >= 11 is 5.93. The van der Waals surface area contributed by atoms with Crippen molar-refractivity contribution in [2.45, 2.75) is 0 Å². The number of hydrogen-bond acceptors (Lipinski definition) is 2. The van der Waals surface area contributed by atoms with Crippen LogP contribution in [0.3, 0.4) is 0 Å². The zero-order valence-electron chi connectivity index (χ0n) is 13.5. The summed E-state index contributed by atoms with van der Waals surface area (Å²) in [6.45, 7) is 2.75. The highest BCUT2D eigenvalue weighted by Crippen LogP contribution is 2.22. The Morgan fingerprint density at radius 3 is 2.44 bits per heavy atom. The number of nitrogens with one attached hydrogen (secondary N) is 1. The number of carbonyl (C=O) groups excluding carboxylic acids is 1. The van der Waals surface area contributed by atoms with E-state index < -0.39 is 0 Å². The second-order valence-corrected chi connectivity index (χ2v) is 6.58. The molecule has 2 aromatic carbocycles. The molecule has 0 atom stereocenters. The number of aromatic amines is 1. The number of amides is 1. The standard InChI is InChI=1S/C19H17ClFN3O/c20-13-4-6-14(7-5-13)23-8-10-24(11-9-23)19(25)18-12-15-16(21)2-1-3-17(15)22-18/h1-7,12,22H,8-11H2. The Balaban J connectivity index is 1.47. The molecular formula is C19H17ClFN3O. The van der Waals surface area contributed by atoms with Gasteiger partial charge >= 0.3 is 0 Å². The maximum Gasteiger partial charge on any atom is 0.270 e. The molecule has 4 nitrogen and oxygen atoms in total. The Kier molecular flexibility index (Phi) is 4.09. The van der Waals surface area contributed by atoms with Gasteiger partial charge in [-0.1, -0.05) is 17.7 Å². The third-order valence-electron chi connectivity index (χ3n) is 4.60. The lowest BCUT2D eigenvalue weighted by Gasteiger charge is -2.36. The average Bonchev–Trinajstić information content (AvgIpc) is 3.08. The molecule has 0 bridgehead atoms. The lowest BCUT2D eigenvalue weighted by Crippen LogP contribution is -2.48. The van der Waals surface area contributed by atoms with Gasteiger partial charge in [0.05, 0.1) is 0 Å². The molecule has 1 amide bonds. The van der Waals surface area contributed by atoms with Crippen molar-refractivity contribution in [1.29, 1.82) is 0 Å². The van der Waals surface area contributed by atoms with Crippen molar-refractivity contribution < 1.29 is 9.18 Å². The zero-order chi connectivity index (χ0) is 17.4. The van der Waals surface area contributed by atoms with E-state index in [4.69, 9.17) is 11.6 Å². The summed E-state index contributed by atoms with van der Waals surface area (Å²) in [5, 5.41) is 1.16. The van der Waals surface area contributed by atoms with Crippen LogP contribution in [0.4, 0.5) is 10.1 Å². The summed E-state index contributed by atoms with van der Waals surface area (Å²) < 4.78 is 13.8. The van der Waals surface area contributed by atoms with Gasteiger partial charge in [-0.15, -0.1) is 0 Å². The van der Waals surface area contributed by atoms with Gasteiger partial charge < -0.3 is 14.8 Å². The van der Waals surface area contributed by atoms with Gasteiger partial charge in [-0.3, -0.25) is 4.79 Å². The Morgan fingerprint density at radius 1 is 1.04 bits per heavy atom. The lowest BCUT2D eigenvalue weighted by atomic mass is 10.2. The Hall–Kier alpha value is -2.53. The maximum absolute atomic E-state index is 13.8. The van der Waals surface area contributed by atoms with Crippen molar-refractivity contribution in [1.82, 2.24) is 9.88 Å². The number of H-pyrrole nitrogens is 1. The molecule has 0 spiro atoms. The van der Waals surface area contributed by atoms with E-state index in [1.54, 1.807) is 23.1 Å². The second-order valence-electron chi connectivity index (χ2n) is 6.14. The van der Waals surface area contributed by atoms with E-state index in [0.29, 0.717) is 34.7 Å². The number of fused-ring (bicyclic) bond motifs is 1. The minimum atomic E-state index is -0.319. The monoisotopic (exact) mass is 357 g/mol. The molecular weight excluding hydrogens is 341 g/mol. The first-order valence-electron chi connectivity index (χ1n) is 8.19. The Labute approximate surface area is 149 Å². The van der Waals surface area contributed by atoms with Crippen LogP contribution in [-0.2, 0) is 0 Å². The predicted molar refractivity (Wildman–Crippen MR) is 97.8 cm³/mol. The summed E-state index contributed by atoms with van der Waals surface area (Å²) in [6, 6.07) is 14.1. The van der Waals surface area contributed by atoms with Crippen molar-refractivity contribution in [3.05, 3.63) is 65.1 Å². The number of piperazine rings is 1. The highest BCUT2D eigenvalue weighted by Gasteiger charge is 2.23. The molecule has 25 heavy (non-hydrogen) atoms. The van der Waals surface area contributed by atoms with Crippen LogP contribution in [0.1, 0.15) is 10.5 Å². The largest absolute Gasteiger partial charge is 0.368 e. The minimum Gasteiger partial charge on any atom is -0.368 e. The fourth-order valence-electron chi connectivity index (χ4n) is 3.22. The summed E-state index contributed by atoms with van der Waals surface area (Å²) in [5.41, 5.74) is 2.17. The molecule has 0 aliphatic carbocycles. The first kappa shape index (κ1) is 16.0. The number of nitrogens with zero attached hydrogens (tertiary/aromatic N) is 2. The molecule has 3 aromatic rings. The molecule has 6 heteroatoms. The van der Waals surface area contributed by atoms with Crippen LogP contribution in [0.2, 0.25) is 5.02 Å². The average molecular weight is 358 g/mol. The van der Waals surface area contributed by atoms with Gasteiger partial charge in [-0.2, -0.15) is 0 Å². The number of halogens is 2. The fourth-order valence-corrected chi connectivity index (χ4v) is 3.35. The van der Waals surface area contributed by atoms with Crippen LogP contribution in [0.5, 0.6) is 0 Å². The maximum atomic E-state index is 13.8. The number of rotatable bonds is 2. The summed E-state index contributed by atoms with van der Waals surface area (Å²) in [6.07, 6.45) is 0. The number of aromatic nitrogens is 1. The first-order valence-corrected chi connectivity index (χ1v) is 8.56. The zero-order valence-corrected chi connectivity index (χ0v) is 14.3. The van der Waals surface area contributed by atoms with Crippen LogP contribution < -0.4 is 4.90 Å². The van der Waals surface area contributed by atoms with Gasteiger partial charge in [0, 0.05) is 47.8 Å². The van der Waals surface area contributed by atoms with Gasteiger partial charge in [0.1, 0.15) is 11.5 Å². The second kappa shape index (κ2) is 6.41. The molecule has 1 aromatic heterocycles. The normalized spacial score (nSPS) is 15.0. The summed E-state index contributed by atoms with van der Waals surface area (Å²) in [7, 11) is 0. The molecule has 1 aliphatic rings. The molecule has 1 saturated heterocycles. The van der Waals surface area contributed by atoms with Crippen LogP contribution in [0.25, 0.3) is 10.9 Å². The predicted octanol–water partition coefficient (Wildman–Crippen LogP) is 3.92. The SMILES string of the molecule is O=C(c1cc2c(F)cccc2[nH]1)N1CCN(c2ccc(Cl)cc2)CC1. The molecule has 4 rings (SSSR count). The summed E-state index contributed by atoms with van der Waals surface area (Å²) in [5.74, 6) is -0.410. The first-order chi connectivity index (χ1) is 12.1. The van der Waals surface area contributed by atoms with Crippen LogP contribution in [-0.4, -0.2) is 42.0 Å². The number of anilines is 1. The molecule has 1 aliphatic heterocycles. The fraction of sp³-hybridized carbons (Fsp3) is 0.211.